The second-order valence-corrected chi connectivity index (χ2v) is 6.53. The van der Waals surface area contributed by atoms with Crippen molar-refractivity contribution in [1.29, 1.82) is 0 Å². The lowest BCUT2D eigenvalue weighted by molar-refractivity contribution is -0.137. The number of alkyl halides is 3. The number of halogens is 3. The van der Waals surface area contributed by atoms with Gasteiger partial charge in [0.05, 0.1) is 11.3 Å². The molecule has 2 heterocycles. The normalized spacial score (nSPS) is 18.9. The number of benzene rings is 1. The molecule has 0 amide bonds. The Labute approximate surface area is 132 Å². The van der Waals surface area contributed by atoms with Crippen LogP contribution in [0.1, 0.15) is 29.7 Å². The maximum absolute atomic E-state index is 12.7. The maximum atomic E-state index is 12.7. The number of fused-ring (bicyclic) bond motifs is 1. The van der Waals surface area contributed by atoms with Gasteiger partial charge in [-0.25, -0.2) is 0 Å². The standard InChI is InChI=1S/C17H18F3N3/c18-17(19,20)13-5-3-12(4-6-13)16-14-10-23(9-11-1-2-11)8-7-15(14)21-22-16/h3-6,11H,1-2,7-10H2,(H,21,22). The number of hydrogen-bond donors (Lipinski definition) is 1. The Bertz CT molecular complexity index is 699. The van der Waals surface area contributed by atoms with Crippen molar-refractivity contribution in [2.75, 3.05) is 13.1 Å². The lowest BCUT2D eigenvalue weighted by atomic mass is 10.00. The minimum absolute atomic E-state index is 0.624. The topological polar surface area (TPSA) is 31.9 Å². The lowest BCUT2D eigenvalue weighted by Crippen LogP contribution is -2.32. The Morgan fingerprint density at radius 1 is 1.17 bits per heavy atom. The predicted octanol–water partition coefficient (Wildman–Crippen LogP) is 3.86. The van der Waals surface area contributed by atoms with Gasteiger partial charge in [0.15, 0.2) is 0 Å². The van der Waals surface area contributed by atoms with Gasteiger partial charge < -0.3 is 0 Å². The SMILES string of the molecule is FC(F)(F)c1ccc(-c2n[nH]c3c2CN(CC2CC2)CC3)cc1. The summed E-state index contributed by atoms with van der Waals surface area (Å²) in [6.07, 6.45) is -0.735. The van der Waals surface area contributed by atoms with Gasteiger partial charge >= 0.3 is 6.18 Å². The molecule has 1 N–H and O–H groups in total. The first kappa shape index (κ1) is 14.8. The molecule has 0 atom stereocenters. The highest BCUT2D eigenvalue weighted by molar-refractivity contribution is 5.64. The van der Waals surface area contributed by atoms with Crippen molar-refractivity contribution in [3.63, 3.8) is 0 Å². The van der Waals surface area contributed by atoms with E-state index in [0.717, 1.165) is 66.6 Å². The summed E-state index contributed by atoms with van der Waals surface area (Å²) in [6, 6.07) is 5.28. The fraction of sp³-hybridized carbons (Fsp3) is 0.471. The number of aromatic amines is 1. The Kier molecular flexibility index (Phi) is 3.44. The van der Waals surface area contributed by atoms with Crippen LogP contribution in [0, 0.1) is 5.92 Å². The van der Waals surface area contributed by atoms with E-state index in [4.69, 9.17) is 0 Å². The average molecular weight is 321 g/mol. The van der Waals surface area contributed by atoms with Gasteiger partial charge in [0.25, 0.3) is 0 Å². The van der Waals surface area contributed by atoms with E-state index in [-0.39, 0.29) is 0 Å². The summed E-state index contributed by atoms with van der Waals surface area (Å²) in [5.74, 6) is 0.831. The second-order valence-electron chi connectivity index (χ2n) is 6.53. The molecule has 1 fully saturated rings. The van der Waals surface area contributed by atoms with Gasteiger partial charge in [0.1, 0.15) is 0 Å². The molecule has 1 saturated carbocycles. The molecule has 23 heavy (non-hydrogen) atoms. The molecule has 122 valence electrons. The highest BCUT2D eigenvalue weighted by atomic mass is 19.4. The average Bonchev–Trinajstić information content (AvgIpc) is 3.23. The molecule has 2 aromatic rings. The van der Waals surface area contributed by atoms with E-state index in [1.54, 1.807) is 0 Å². The Balaban J connectivity index is 1.59. The summed E-state index contributed by atoms with van der Waals surface area (Å²) in [6.45, 7) is 2.98. The zero-order valence-corrected chi connectivity index (χ0v) is 12.7. The highest BCUT2D eigenvalue weighted by Gasteiger charge is 2.31. The van der Waals surface area contributed by atoms with Crippen molar-refractivity contribution < 1.29 is 13.2 Å². The molecule has 0 bridgehead atoms. The number of nitrogens with one attached hydrogen (secondary N) is 1. The second kappa shape index (κ2) is 5.37. The Morgan fingerprint density at radius 2 is 1.91 bits per heavy atom. The minimum atomic E-state index is -4.30. The summed E-state index contributed by atoms with van der Waals surface area (Å²) < 4.78 is 38.1. The van der Waals surface area contributed by atoms with Gasteiger partial charge in [0, 0.05) is 42.9 Å². The lowest BCUT2D eigenvalue weighted by Gasteiger charge is -2.26. The van der Waals surface area contributed by atoms with Crippen molar-refractivity contribution in [3.8, 4) is 11.3 Å². The maximum Gasteiger partial charge on any atom is 0.416 e. The zero-order valence-electron chi connectivity index (χ0n) is 12.7. The molecule has 6 heteroatoms. The van der Waals surface area contributed by atoms with Crippen LogP contribution in [-0.4, -0.2) is 28.2 Å². The minimum Gasteiger partial charge on any atom is -0.298 e. The van der Waals surface area contributed by atoms with Gasteiger partial charge in [-0.05, 0) is 30.9 Å². The third kappa shape index (κ3) is 3.00. The first-order chi connectivity index (χ1) is 11.0. The van der Waals surface area contributed by atoms with Gasteiger partial charge in [0.2, 0.25) is 0 Å². The summed E-state index contributed by atoms with van der Waals surface area (Å²) in [4.78, 5) is 2.43. The fourth-order valence-corrected chi connectivity index (χ4v) is 3.23. The predicted molar refractivity (Wildman–Crippen MR) is 80.7 cm³/mol. The van der Waals surface area contributed by atoms with Crippen LogP contribution in [0.25, 0.3) is 11.3 Å². The van der Waals surface area contributed by atoms with Crippen LogP contribution in [0.3, 0.4) is 0 Å². The molecule has 1 aliphatic carbocycles. The molecule has 1 aromatic carbocycles. The number of hydrogen-bond acceptors (Lipinski definition) is 2. The van der Waals surface area contributed by atoms with E-state index in [1.165, 1.54) is 25.0 Å². The molecule has 0 unspecified atom stereocenters. The van der Waals surface area contributed by atoms with Crippen molar-refractivity contribution >= 4 is 0 Å². The van der Waals surface area contributed by atoms with Crippen LogP contribution < -0.4 is 0 Å². The van der Waals surface area contributed by atoms with Crippen LogP contribution in [-0.2, 0) is 19.1 Å². The summed E-state index contributed by atoms with van der Waals surface area (Å²) in [7, 11) is 0. The van der Waals surface area contributed by atoms with Crippen molar-refractivity contribution in [2.24, 2.45) is 5.92 Å². The molecule has 0 radical (unpaired) electrons. The summed E-state index contributed by atoms with van der Waals surface area (Å²) in [5.41, 5.74) is 3.16. The third-order valence-electron chi connectivity index (χ3n) is 4.71. The molecule has 3 nitrogen and oxygen atoms in total. The molecular weight excluding hydrogens is 303 g/mol. The van der Waals surface area contributed by atoms with Crippen LogP contribution in [0.5, 0.6) is 0 Å². The number of rotatable bonds is 3. The molecule has 1 aromatic heterocycles. The van der Waals surface area contributed by atoms with Gasteiger partial charge in [-0.1, -0.05) is 12.1 Å². The van der Waals surface area contributed by atoms with E-state index in [9.17, 15) is 13.2 Å². The van der Waals surface area contributed by atoms with Gasteiger partial charge in [-0.2, -0.15) is 18.3 Å². The van der Waals surface area contributed by atoms with E-state index in [2.05, 4.69) is 15.1 Å². The van der Waals surface area contributed by atoms with E-state index in [0.29, 0.717) is 0 Å². The summed E-state index contributed by atoms with van der Waals surface area (Å²) in [5, 5.41) is 7.42. The van der Waals surface area contributed by atoms with Crippen LogP contribution in [0.4, 0.5) is 13.2 Å². The first-order valence-electron chi connectivity index (χ1n) is 7.97. The fourth-order valence-electron chi connectivity index (χ4n) is 3.23. The first-order valence-corrected chi connectivity index (χ1v) is 7.97. The van der Waals surface area contributed by atoms with E-state index >= 15 is 0 Å². The van der Waals surface area contributed by atoms with Crippen LogP contribution >= 0.6 is 0 Å². The van der Waals surface area contributed by atoms with Gasteiger partial charge in [-0.3, -0.25) is 10.00 Å². The summed E-state index contributed by atoms with van der Waals surface area (Å²) >= 11 is 0. The van der Waals surface area contributed by atoms with Crippen molar-refractivity contribution in [2.45, 2.75) is 32.0 Å². The largest absolute Gasteiger partial charge is 0.416 e. The monoisotopic (exact) mass is 321 g/mol. The van der Waals surface area contributed by atoms with Crippen LogP contribution in [0.15, 0.2) is 24.3 Å². The molecule has 0 spiro atoms. The van der Waals surface area contributed by atoms with Crippen molar-refractivity contribution in [1.82, 2.24) is 15.1 Å². The number of H-pyrrole nitrogens is 1. The molecule has 4 rings (SSSR count). The zero-order chi connectivity index (χ0) is 16.0. The quantitative estimate of drug-likeness (QED) is 0.931. The smallest absolute Gasteiger partial charge is 0.298 e. The third-order valence-corrected chi connectivity index (χ3v) is 4.71. The molecular formula is C17H18F3N3. The van der Waals surface area contributed by atoms with E-state index < -0.39 is 11.7 Å². The Morgan fingerprint density at radius 3 is 2.57 bits per heavy atom. The van der Waals surface area contributed by atoms with Crippen LogP contribution in [0.2, 0.25) is 0 Å². The Hall–Kier alpha value is -1.82. The van der Waals surface area contributed by atoms with Gasteiger partial charge in [-0.15, -0.1) is 0 Å². The molecule has 2 aliphatic rings. The number of aromatic nitrogens is 2. The molecule has 0 saturated heterocycles. The van der Waals surface area contributed by atoms with Crippen molar-refractivity contribution in [3.05, 3.63) is 41.1 Å². The number of nitrogens with zero attached hydrogens (tertiary/aromatic N) is 2. The molecule has 1 aliphatic heterocycles. The van der Waals surface area contributed by atoms with E-state index in [1.807, 2.05) is 0 Å². The highest BCUT2D eigenvalue weighted by Crippen LogP contribution is 2.35.